The van der Waals surface area contributed by atoms with Gasteiger partial charge in [0.1, 0.15) is 0 Å². The van der Waals surface area contributed by atoms with Crippen molar-refractivity contribution in [2.75, 3.05) is 0 Å². The van der Waals surface area contributed by atoms with Crippen LogP contribution in [0, 0.1) is 0 Å². The molecule has 0 radical (unpaired) electrons. The summed E-state index contributed by atoms with van der Waals surface area (Å²) in [6, 6.07) is 8.34. The van der Waals surface area contributed by atoms with Gasteiger partial charge in [-0.25, -0.2) is 4.79 Å². The lowest BCUT2D eigenvalue weighted by molar-refractivity contribution is -0.129. The SMILES string of the molecule is C=CC(=O)Oc1c(Br)cc(C(C)(C)c2cc(Br)c(CCC)c(Br)c2)cc1Br. The van der Waals surface area contributed by atoms with E-state index in [0.29, 0.717) is 14.7 Å². The summed E-state index contributed by atoms with van der Waals surface area (Å²) in [5.74, 6) is -0.0529. The maximum atomic E-state index is 11.6. The van der Waals surface area contributed by atoms with Crippen LogP contribution in [-0.4, -0.2) is 5.97 Å². The van der Waals surface area contributed by atoms with Crippen molar-refractivity contribution in [1.82, 2.24) is 0 Å². The van der Waals surface area contributed by atoms with Crippen molar-refractivity contribution in [3.8, 4) is 5.75 Å². The van der Waals surface area contributed by atoms with Crippen molar-refractivity contribution >= 4 is 69.7 Å². The summed E-state index contributed by atoms with van der Waals surface area (Å²) >= 11 is 14.5. The Labute approximate surface area is 194 Å². The highest BCUT2D eigenvalue weighted by Gasteiger charge is 2.27. The molecule has 2 rings (SSSR count). The van der Waals surface area contributed by atoms with Crippen LogP contribution >= 0.6 is 63.7 Å². The van der Waals surface area contributed by atoms with Gasteiger partial charge in [0.25, 0.3) is 0 Å². The Balaban J connectivity index is 2.50. The van der Waals surface area contributed by atoms with Crippen molar-refractivity contribution in [1.29, 1.82) is 0 Å². The summed E-state index contributed by atoms with van der Waals surface area (Å²) in [6.07, 6.45) is 3.25. The summed E-state index contributed by atoms with van der Waals surface area (Å²) in [7, 11) is 0. The van der Waals surface area contributed by atoms with Gasteiger partial charge in [-0.1, -0.05) is 65.6 Å². The summed E-state index contributed by atoms with van der Waals surface area (Å²) in [6.45, 7) is 9.95. The molecule has 0 N–H and O–H groups in total. The van der Waals surface area contributed by atoms with Crippen molar-refractivity contribution in [2.45, 2.75) is 39.0 Å². The zero-order valence-corrected chi connectivity index (χ0v) is 21.7. The first-order chi connectivity index (χ1) is 12.6. The van der Waals surface area contributed by atoms with Crippen LogP contribution in [-0.2, 0) is 16.6 Å². The highest BCUT2D eigenvalue weighted by atomic mass is 79.9. The zero-order chi connectivity index (χ0) is 20.4. The fourth-order valence-corrected chi connectivity index (χ4v) is 5.71. The van der Waals surface area contributed by atoms with Gasteiger partial charge in [0.15, 0.2) is 5.75 Å². The van der Waals surface area contributed by atoms with E-state index in [0.717, 1.165) is 33.4 Å². The van der Waals surface area contributed by atoms with E-state index < -0.39 is 5.97 Å². The summed E-state index contributed by atoms with van der Waals surface area (Å²) in [5.41, 5.74) is 3.28. The molecule has 0 fully saturated rings. The zero-order valence-electron chi connectivity index (χ0n) is 15.3. The van der Waals surface area contributed by atoms with Crippen molar-refractivity contribution in [3.05, 3.63) is 71.5 Å². The highest BCUT2D eigenvalue weighted by molar-refractivity contribution is 9.11. The van der Waals surface area contributed by atoms with Gasteiger partial charge in [0.05, 0.1) is 8.95 Å². The topological polar surface area (TPSA) is 26.3 Å². The third-order valence-corrected chi connectivity index (χ3v) is 7.05. The molecule has 0 saturated carbocycles. The molecule has 0 unspecified atom stereocenters. The molecule has 0 saturated heterocycles. The van der Waals surface area contributed by atoms with E-state index in [1.165, 1.54) is 11.1 Å². The third-order valence-electron chi connectivity index (χ3n) is 4.45. The molecule has 0 heterocycles. The minimum absolute atomic E-state index is 0.262. The third kappa shape index (κ3) is 5.14. The van der Waals surface area contributed by atoms with Gasteiger partial charge in [-0.05, 0) is 79.2 Å². The number of halogens is 4. The lowest BCUT2D eigenvalue weighted by atomic mass is 9.78. The predicted octanol–water partition coefficient (Wildman–Crippen LogP) is 8.11. The highest BCUT2D eigenvalue weighted by Crippen LogP contribution is 2.42. The monoisotopic (exact) mass is 620 g/mol. The summed E-state index contributed by atoms with van der Waals surface area (Å²) in [4.78, 5) is 11.6. The Hall–Kier alpha value is -0.430. The fraction of sp³-hybridized carbons (Fsp3) is 0.286. The number of carbonyl (C=O) groups excluding carboxylic acids is 1. The number of rotatable bonds is 6. The molecule has 144 valence electrons. The minimum atomic E-state index is -0.497. The molecule has 0 amide bonds. The van der Waals surface area contributed by atoms with E-state index in [1.54, 1.807) is 0 Å². The number of ether oxygens (including phenoxy) is 1. The molecule has 0 spiro atoms. The predicted molar refractivity (Wildman–Crippen MR) is 126 cm³/mol. The Morgan fingerprint density at radius 1 is 1.00 bits per heavy atom. The van der Waals surface area contributed by atoms with E-state index in [1.807, 2.05) is 12.1 Å². The molecule has 0 aromatic heterocycles. The van der Waals surface area contributed by atoms with Crippen LogP contribution in [0.3, 0.4) is 0 Å². The second kappa shape index (κ2) is 9.38. The molecular formula is C21H20Br4O2. The lowest BCUT2D eigenvalue weighted by Crippen LogP contribution is -2.20. The van der Waals surface area contributed by atoms with Crippen molar-refractivity contribution in [2.24, 2.45) is 0 Å². The number of hydrogen-bond donors (Lipinski definition) is 0. The van der Waals surface area contributed by atoms with Crippen LogP contribution in [0.25, 0.3) is 0 Å². The molecule has 0 bridgehead atoms. The van der Waals surface area contributed by atoms with Gasteiger partial charge >= 0.3 is 5.97 Å². The molecule has 2 nitrogen and oxygen atoms in total. The van der Waals surface area contributed by atoms with Gasteiger partial charge in [0.2, 0.25) is 0 Å². The molecule has 0 aliphatic rings. The van der Waals surface area contributed by atoms with Gasteiger partial charge in [-0.3, -0.25) is 0 Å². The molecule has 2 aromatic carbocycles. The Kier molecular flexibility index (Phi) is 7.94. The fourth-order valence-electron chi connectivity index (χ4n) is 2.78. The van der Waals surface area contributed by atoms with Crippen molar-refractivity contribution < 1.29 is 9.53 Å². The average Bonchev–Trinajstić information content (AvgIpc) is 2.60. The van der Waals surface area contributed by atoms with Crippen LogP contribution in [0.1, 0.15) is 43.9 Å². The minimum Gasteiger partial charge on any atom is -0.421 e. The Morgan fingerprint density at radius 3 is 1.85 bits per heavy atom. The molecule has 6 heteroatoms. The van der Waals surface area contributed by atoms with Crippen LogP contribution in [0.5, 0.6) is 5.75 Å². The number of hydrogen-bond acceptors (Lipinski definition) is 2. The second-order valence-corrected chi connectivity index (χ2v) is 10.1. The molecule has 2 aromatic rings. The quantitative estimate of drug-likeness (QED) is 0.185. The van der Waals surface area contributed by atoms with Gasteiger partial charge in [0, 0.05) is 20.4 Å². The lowest BCUT2D eigenvalue weighted by Gasteiger charge is -2.28. The maximum absolute atomic E-state index is 11.6. The number of benzene rings is 2. The molecule has 0 aliphatic carbocycles. The first-order valence-electron chi connectivity index (χ1n) is 8.44. The van der Waals surface area contributed by atoms with Crippen LogP contribution in [0.15, 0.2) is 54.8 Å². The second-order valence-electron chi connectivity index (χ2n) is 6.69. The van der Waals surface area contributed by atoms with E-state index in [4.69, 9.17) is 4.74 Å². The van der Waals surface area contributed by atoms with Gasteiger partial charge in [-0.2, -0.15) is 0 Å². The largest absolute Gasteiger partial charge is 0.421 e. The Morgan fingerprint density at radius 2 is 1.44 bits per heavy atom. The summed E-state index contributed by atoms with van der Waals surface area (Å²) in [5, 5.41) is 0. The molecule has 0 atom stereocenters. The molecule has 27 heavy (non-hydrogen) atoms. The Bertz CT molecular complexity index is 842. The van der Waals surface area contributed by atoms with Gasteiger partial charge in [-0.15, -0.1) is 0 Å². The van der Waals surface area contributed by atoms with E-state index in [-0.39, 0.29) is 5.41 Å². The first-order valence-corrected chi connectivity index (χ1v) is 11.6. The van der Waals surface area contributed by atoms with E-state index in [2.05, 4.69) is 103 Å². The standard InChI is InChI=1S/C21H20Br4O2/c1-5-7-14-15(22)8-12(9-16(14)23)21(3,4)13-10-17(24)20(18(25)11-13)27-19(26)6-2/h6,8-11H,2,5,7H2,1,3-4H3. The van der Waals surface area contributed by atoms with Crippen LogP contribution in [0.4, 0.5) is 0 Å². The number of carbonyl (C=O) groups is 1. The number of esters is 1. The molecular weight excluding hydrogens is 604 g/mol. The summed E-state index contributed by atoms with van der Waals surface area (Å²) < 4.78 is 8.94. The van der Waals surface area contributed by atoms with Gasteiger partial charge < -0.3 is 4.74 Å². The van der Waals surface area contributed by atoms with Crippen molar-refractivity contribution in [3.63, 3.8) is 0 Å². The van der Waals surface area contributed by atoms with Crippen LogP contribution in [0.2, 0.25) is 0 Å². The van der Waals surface area contributed by atoms with E-state index in [9.17, 15) is 4.79 Å². The smallest absolute Gasteiger partial charge is 0.335 e. The maximum Gasteiger partial charge on any atom is 0.335 e. The van der Waals surface area contributed by atoms with Crippen LogP contribution < -0.4 is 4.74 Å². The average molecular weight is 624 g/mol. The van der Waals surface area contributed by atoms with E-state index >= 15 is 0 Å². The normalized spacial score (nSPS) is 11.4. The first kappa shape index (κ1) is 22.9. The molecule has 0 aliphatic heterocycles.